The van der Waals surface area contributed by atoms with Gasteiger partial charge in [-0.3, -0.25) is 4.79 Å². The molecule has 0 radical (unpaired) electrons. The van der Waals surface area contributed by atoms with Crippen LogP contribution in [0.1, 0.15) is 29.3 Å². The lowest BCUT2D eigenvalue weighted by Gasteiger charge is -2.30. The number of hydrogen-bond donors (Lipinski definition) is 1. The lowest BCUT2D eigenvalue weighted by Crippen LogP contribution is -2.31. The van der Waals surface area contributed by atoms with Gasteiger partial charge in [0.05, 0.1) is 5.60 Å². The van der Waals surface area contributed by atoms with Crippen molar-refractivity contribution < 1.29 is 9.90 Å². The first kappa shape index (κ1) is 11.7. The van der Waals surface area contributed by atoms with E-state index < -0.39 is 5.60 Å². The average Bonchev–Trinajstić information content (AvgIpc) is 2.83. The van der Waals surface area contributed by atoms with Crippen molar-refractivity contribution in [2.24, 2.45) is 5.92 Å². The second kappa shape index (κ2) is 4.60. The lowest BCUT2D eigenvalue weighted by atomic mass is 9.82. The molecule has 1 fully saturated rings. The van der Waals surface area contributed by atoms with Gasteiger partial charge < -0.3 is 5.11 Å². The highest BCUT2D eigenvalue weighted by Crippen LogP contribution is 2.38. The highest BCUT2D eigenvalue weighted by Gasteiger charge is 2.35. The Morgan fingerprint density at radius 1 is 1.56 bits per heavy atom. The third-order valence-electron chi connectivity index (χ3n) is 3.33. The third-order valence-corrected chi connectivity index (χ3v) is 4.49. The summed E-state index contributed by atoms with van der Waals surface area (Å²) in [7, 11) is 0. The molecular formula is C13H16O2S. The van der Waals surface area contributed by atoms with Crippen LogP contribution in [0.15, 0.2) is 24.3 Å². The van der Waals surface area contributed by atoms with E-state index in [1.54, 1.807) is 12.1 Å². The van der Waals surface area contributed by atoms with Gasteiger partial charge in [-0.05, 0) is 36.5 Å². The number of hydrogen-bond acceptors (Lipinski definition) is 3. The molecule has 2 rings (SSSR count). The van der Waals surface area contributed by atoms with Crippen LogP contribution in [-0.4, -0.2) is 22.9 Å². The summed E-state index contributed by atoms with van der Waals surface area (Å²) in [4.78, 5) is 10.7. The van der Waals surface area contributed by atoms with Gasteiger partial charge >= 0.3 is 0 Å². The van der Waals surface area contributed by atoms with E-state index in [0.717, 1.165) is 29.8 Å². The first-order valence-corrected chi connectivity index (χ1v) is 6.66. The second-order valence-electron chi connectivity index (χ2n) is 4.45. The Balaban J connectivity index is 2.29. The largest absolute Gasteiger partial charge is 0.385 e. The lowest BCUT2D eigenvalue weighted by molar-refractivity contribution is 0.00472. The Labute approximate surface area is 100 Å². The van der Waals surface area contributed by atoms with Crippen LogP contribution in [0.5, 0.6) is 0 Å². The van der Waals surface area contributed by atoms with Crippen molar-refractivity contribution in [1.29, 1.82) is 0 Å². The minimum atomic E-state index is -0.817. The van der Waals surface area contributed by atoms with Gasteiger partial charge in [0.2, 0.25) is 0 Å². The fourth-order valence-corrected chi connectivity index (χ4v) is 3.53. The molecule has 2 unspecified atom stereocenters. The van der Waals surface area contributed by atoms with E-state index in [0.29, 0.717) is 11.5 Å². The minimum Gasteiger partial charge on any atom is -0.385 e. The predicted molar refractivity (Wildman–Crippen MR) is 66.8 cm³/mol. The van der Waals surface area contributed by atoms with E-state index in [2.05, 4.69) is 0 Å². The molecule has 86 valence electrons. The molecule has 1 saturated heterocycles. The Hall–Kier alpha value is -0.800. The summed E-state index contributed by atoms with van der Waals surface area (Å²) < 4.78 is 0. The molecule has 2 atom stereocenters. The summed E-state index contributed by atoms with van der Waals surface area (Å²) in [6.07, 6.45) is 1.87. The summed E-state index contributed by atoms with van der Waals surface area (Å²) in [5, 5.41) is 10.6. The van der Waals surface area contributed by atoms with Crippen molar-refractivity contribution in [2.45, 2.75) is 18.9 Å². The van der Waals surface area contributed by atoms with Gasteiger partial charge in [-0.1, -0.05) is 18.2 Å². The van der Waals surface area contributed by atoms with Gasteiger partial charge in [0.15, 0.2) is 0 Å². The molecule has 0 spiro atoms. The number of thioether (sulfide) groups is 1. The molecule has 0 saturated carbocycles. The molecule has 1 aromatic rings. The van der Waals surface area contributed by atoms with Crippen LogP contribution >= 0.6 is 11.8 Å². The summed E-state index contributed by atoms with van der Waals surface area (Å²) in [5.74, 6) is 2.41. The molecule has 0 aromatic heterocycles. The highest BCUT2D eigenvalue weighted by atomic mass is 32.2. The normalized spacial score (nSPS) is 24.0. The fraction of sp³-hybridized carbons (Fsp3) is 0.462. The molecule has 2 nitrogen and oxygen atoms in total. The van der Waals surface area contributed by atoms with Gasteiger partial charge in [0, 0.05) is 11.5 Å². The van der Waals surface area contributed by atoms with Crippen molar-refractivity contribution in [3.8, 4) is 0 Å². The number of benzene rings is 1. The van der Waals surface area contributed by atoms with E-state index in [1.165, 1.54) is 0 Å². The number of aldehydes is 1. The smallest absolute Gasteiger partial charge is 0.150 e. The zero-order valence-electron chi connectivity index (χ0n) is 9.35. The maximum Gasteiger partial charge on any atom is 0.150 e. The Kier molecular flexibility index (Phi) is 3.36. The van der Waals surface area contributed by atoms with Gasteiger partial charge in [-0.2, -0.15) is 11.8 Å². The quantitative estimate of drug-likeness (QED) is 0.819. The van der Waals surface area contributed by atoms with Crippen molar-refractivity contribution >= 4 is 18.0 Å². The fourth-order valence-electron chi connectivity index (χ4n) is 2.14. The summed E-state index contributed by atoms with van der Waals surface area (Å²) >= 11 is 1.88. The molecule has 0 amide bonds. The number of carbonyl (C=O) groups is 1. The third kappa shape index (κ3) is 2.15. The predicted octanol–water partition coefficient (Wildman–Crippen LogP) is 2.46. The Bertz CT molecular complexity index is 381. The van der Waals surface area contributed by atoms with E-state index in [9.17, 15) is 9.90 Å². The number of carbonyl (C=O) groups excluding carboxylic acids is 1. The first-order chi connectivity index (χ1) is 7.64. The van der Waals surface area contributed by atoms with E-state index in [-0.39, 0.29) is 0 Å². The standard InChI is InChI=1S/C13H16O2S/c1-13(15,12-5-6-16-9-12)11-4-2-3-10(7-11)8-14/h2-4,7-8,12,15H,5-6,9H2,1H3. The first-order valence-electron chi connectivity index (χ1n) is 5.50. The van der Waals surface area contributed by atoms with Crippen molar-refractivity contribution in [2.75, 3.05) is 11.5 Å². The second-order valence-corrected chi connectivity index (χ2v) is 5.60. The molecule has 1 heterocycles. The molecule has 1 aliphatic rings. The van der Waals surface area contributed by atoms with Crippen LogP contribution in [0, 0.1) is 5.92 Å². The van der Waals surface area contributed by atoms with Crippen LogP contribution in [0.3, 0.4) is 0 Å². The minimum absolute atomic E-state index is 0.291. The molecule has 0 aliphatic carbocycles. The SMILES string of the molecule is CC(O)(c1cccc(C=O)c1)C1CCSC1. The maximum absolute atomic E-state index is 10.7. The monoisotopic (exact) mass is 236 g/mol. The summed E-state index contributed by atoms with van der Waals surface area (Å²) in [5.41, 5.74) is 0.663. The van der Waals surface area contributed by atoms with Gasteiger partial charge in [-0.15, -0.1) is 0 Å². The Morgan fingerprint density at radius 3 is 3.00 bits per heavy atom. The molecule has 0 bridgehead atoms. The van der Waals surface area contributed by atoms with E-state index in [1.807, 2.05) is 30.8 Å². The molecule has 16 heavy (non-hydrogen) atoms. The van der Waals surface area contributed by atoms with E-state index in [4.69, 9.17) is 0 Å². The zero-order valence-corrected chi connectivity index (χ0v) is 10.2. The van der Waals surface area contributed by atoms with Crippen molar-refractivity contribution in [3.05, 3.63) is 35.4 Å². The molecule has 1 N–H and O–H groups in total. The molecule has 1 aromatic carbocycles. The molecule has 1 aliphatic heterocycles. The van der Waals surface area contributed by atoms with Crippen LogP contribution in [0.25, 0.3) is 0 Å². The number of aliphatic hydroxyl groups is 1. The Morgan fingerprint density at radius 2 is 2.38 bits per heavy atom. The van der Waals surface area contributed by atoms with E-state index >= 15 is 0 Å². The molecular weight excluding hydrogens is 220 g/mol. The zero-order chi connectivity index (χ0) is 11.6. The highest BCUT2D eigenvalue weighted by molar-refractivity contribution is 7.99. The summed E-state index contributed by atoms with van der Waals surface area (Å²) in [6.45, 7) is 1.85. The van der Waals surface area contributed by atoms with Gasteiger partial charge in [0.25, 0.3) is 0 Å². The van der Waals surface area contributed by atoms with Crippen LogP contribution in [0.2, 0.25) is 0 Å². The molecule has 3 heteroatoms. The summed E-state index contributed by atoms with van der Waals surface area (Å²) in [6, 6.07) is 7.28. The van der Waals surface area contributed by atoms with Crippen LogP contribution in [0.4, 0.5) is 0 Å². The van der Waals surface area contributed by atoms with Crippen molar-refractivity contribution in [1.82, 2.24) is 0 Å². The maximum atomic E-state index is 10.7. The number of rotatable bonds is 3. The topological polar surface area (TPSA) is 37.3 Å². The van der Waals surface area contributed by atoms with Gasteiger partial charge in [-0.25, -0.2) is 0 Å². The van der Waals surface area contributed by atoms with Crippen LogP contribution in [-0.2, 0) is 5.60 Å². The van der Waals surface area contributed by atoms with Crippen LogP contribution < -0.4 is 0 Å². The van der Waals surface area contributed by atoms with Gasteiger partial charge in [0.1, 0.15) is 6.29 Å². The van der Waals surface area contributed by atoms with Crippen molar-refractivity contribution in [3.63, 3.8) is 0 Å². The average molecular weight is 236 g/mol.